The number of aryl methyl sites for hydroxylation is 1. The van der Waals surface area contributed by atoms with Crippen LogP contribution in [0.3, 0.4) is 0 Å². The first kappa shape index (κ1) is 15.3. The monoisotopic (exact) mass is 341 g/mol. The molecule has 20 heavy (non-hydrogen) atoms. The number of carbonyl (C=O) groups excluding carboxylic acids is 1. The maximum Gasteiger partial charge on any atom is 0.251 e. The minimum absolute atomic E-state index is 0.0464. The van der Waals surface area contributed by atoms with Crippen molar-refractivity contribution in [3.63, 3.8) is 0 Å². The van der Waals surface area contributed by atoms with Crippen molar-refractivity contribution < 1.29 is 9.53 Å². The van der Waals surface area contributed by atoms with E-state index in [1.165, 1.54) is 0 Å². The van der Waals surface area contributed by atoms with E-state index in [-0.39, 0.29) is 18.1 Å². The fourth-order valence-corrected chi connectivity index (χ4v) is 2.41. The number of hydrogen-bond donors (Lipinski definition) is 1. The van der Waals surface area contributed by atoms with Gasteiger partial charge in [-0.2, -0.15) is 0 Å². The van der Waals surface area contributed by atoms with Crippen LogP contribution in [0.25, 0.3) is 0 Å². The molecular weight excluding hydrogens is 322 g/mol. The molecule has 1 aromatic heterocycles. The molecule has 0 aromatic carbocycles. The normalized spacial score (nSPS) is 21.8. The fraction of sp³-hybridized carbons (Fsp3) is 0.571. The van der Waals surface area contributed by atoms with Gasteiger partial charge < -0.3 is 15.0 Å². The molecule has 5 nitrogen and oxygen atoms in total. The van der Waals surface area contributed by atoms with Gasteiger partial charge in [0.1, 0.15) is 11.9 Å². The molecule has 2 rings (SSSR count). The summed E-state index contributed by atoms with van der Waals surface area (Å²) in [5.41, 5.74) is 0.947. The predicted octanol–water partition coefficient (Wildman–Crippen LogP) is 2.20. The zero-order chi connectivity index (χ0) is 14.7. The smallest absolute Gasteiger partial charge is 0.251 e. The van der Waals surface area contributed by atoms with Crippen LogP contribution in [-0.2, 0) is 9.53 Å². The molecule has 0 saturated carbocycles. The van der Waals surface area contributed by atoms with E-state index in [9.17, 15) is 4.79 Å². The molecule has 0 bridgehead atoms. The van der Waals surface area contributed by atoms with Crippen molar-refractivity contribution in [1.29, 1.82) is 0 Å². The van der Waals surface area contributed by atoms with Crippen molar-refractivity contribution in [3.05, 3.63) is 22.3 Å². The van der Waals surface area contributed by atoms with E-state index >= 15 is 0 Å². The van der Waals surface area contributed by atoms with Crippen molar-refractivity contribution in [3.8, 4) is 0 Å². The van der Waals surface area contributed by atoms with E-state index < -0.39 is 0 Å². The number of amides is 1. The summed E-state index contributed by atoms with van der Waals surface area (Å²) in [5.74, 6) is 0.877. The lowest BCUT2D eigenvalue weighted by molar-refractivity contribution is -0.140. The Labute approximate surface area is 127 Å². The van der Waals surface area contributed by atoms with Crippen LogP contribution in [0.4, 0.5) is 5.82 Å². The standard InChI is InChI=1S/C14H20BrN3O2/c1-9-11(15)5-7-13(17-9)16-8-10-4-6-12(20-10)14(19)18(2)3/h5,7,10,12H,4,6,8H2,1-3H3,(H,16,17). The highest BCUT2D eigenvalue weighted by Gasteiger charge is 2.31. The fourth-order valence-electron chi connectivity index (χ4n) is 2.19. The summed E-state index contributed by atoms with van der Waals surface area (Å²) in [4.78, 5) is 17.8. The molecule has 2 heterocycles. The predicted molar refractivity (Wildman–Crippen MR) is 81.8 cm³/mol. The molecule has 6 heteroatoms. The Morgan fingerprint density at radius 3 is 2.90 bits per heavy atom. The SMILES string of the molecule is Cc1nc(NCC2CCC(C(=O)N(C)C)O2)ccc1Br. The molecule has 0 aliphatic carbocycles. The van der Waals surface area contributed by atoms with E-state index in [2.05, 4.69) is 26.2 Å². The van der Waals surface area contributed by atoms with Gasteiger partial charge in [-0.1, -0.05) is 0 Å². The lowest BCUT2D eigenvalue weighted by Crippen LogP contribution is -2.34. The third-order valence-electron chi connectivity index (χ3n) is 3.36. The van der Waals surface area contributed by atoms with E-state index in [0.29, 0.717) is 6.54 Å². The van der Waals surface area contributed by atoms with Gasteiger partial charge in [0.25, 0.3) is 5.91 Å². The Morgan fingerprint density at radius 2 is 2.25 bits per heavy atom. The minimum atomic E-state index is -0.295. The second-order valence-electron chi connectivity index (χ2n) is 5.20. The third-order valence-corrected chi connectivity index (χ3v) is 4.19. The quantitative estimate of drug-likeness (QED) is 0.912. The maximum absolute atomic E-state index is 11.8. The van der Waals surface area contributed by atoms with Gasteiger partial charge in [-0.15, -0.1) is 0 Å². The zero-order valence-corrected chi connectivity index (χ0v) is 13.6. The summed E-state index contributed by atoms with van der Waals surface area (Å²) in [6.07, 6.45) is 1.45. The zero-order valence-electron chi connectivity index (χ0n) is 12.0. The van der Waals surface area contributed by atoms with Gasteiger partial charge in [-0.05, 0) is 47.8 Å². The lowest BCUT2D eigenvalue weighted by atomic mass is 10.2. The molecular formula is C14H20BrN3O2. The Bertz CT molecular complexity index is 493. The first-order valence-electron chi connectivity index (χ1n) is 6.71. The van der Waals surface area contributed by atoms with Crippen molar-refractivity contribution in [2.75, 3.05) is 26.0 Å². The number of carbonyl (C=O) groups is 1. The van der Waals surface area contributed by atoms with Gasteiger partial charge in [0, 0.05) is 25.1 Å². The Kier molecular flexibility index (Phi) is 4.99. The molecule has 1 saturated heterocycles. The van der Waals surface area contributed by atoms with E-state index in [1.807, 2.05) is 19.1 Å². The summed E-state index contributed by atoms with van der Waals surface area (Å²) in [6.45, 7) is 2.62. The highest BCUT2D eigenvalue weighted by atomic mass is 79.9. The van der Waals surface area contributed by atoms with Crippen LogP contribution in [0.1, 0.15) is 18.5 Å². The number of nitrogens with zero attached hydrogens (tertiary/aromatic N) is 2. The maximum atomic E-state index is 11.8. The molecule has 0 radical (unpaired) electrons. The summed E-state index contributed by atoms with van der Waals surface area (Å²) < 4.78 is 6.77. The summed E-state index contributed by atoms with van der Waals surface area (Å²) >= 11 is 3.43. The van der Waals surface area contributed by atoms with E-state index in [1.54, 1.807) is 19.0 Å². The highest BCUT2D eigenvalue weighted by molar-refractivity contribution is 9.10. The van der Waals surface area contributed by atoms with Crippen molar-refractivity contribution in [2.24, 2.45) is 0 Å². The average Bonchev–Trinajstić information content (AvgIpc) is 2.88. The van der Waals surface area contributed by atoms with Crippen LogP contribution in [0.2, 0.25) is 0 Å². The molecule has 1 N–H and O–H groups in total. The number of rotatable bonds is 4. The van der Waals surface area contributed by atoms with Gasteiger partial charge in [-0.3, -0.25) is 4.79 Å². The number of nitrogens with one attached hydrogen (secondary N) is 1. The van der Waals surface area contributed by atoms with Gasteiger partial charge in [0.2, 0.25) is 0 Å². The molecule has 1 fully saturated rings. The van der Waals surface area contributed by atoms with Crippen LogP contribution in [-0.4, -0.2) is 48.6 Å². The van der Waals surface area contributed by atoms with Crippen molar-refractivity contribution in [2.45, 2.75) is 32.0 Å². The molecule has 1 aromatic rings. The largest absolute Gasteiger partial charge is 0.367 e. The Hall–Kier alpha value is -1.14. The first-order valence-corrected chi connectivity index (χ1v) is 7.50. The molecule has 1 amide bonds. The summed E-state index contributed by atoms with van der Waals surface area (Å²) in [6, 6.07) is 3.90. The van der Waals surface area contributed by atoms with Crippen molar-refractivity contribution >= 4 is 27.7 Å². The van der Waals surface area contributed by atoms with Crippen LogP contribution in [0.5, 0.6) is 0 Å². The van der Waals surface area contributed by atoms with Crippen LogP contribution >= 0.6 is 15.9 Å². The number of likely N-dealkylation sites (N-methyl/N-ethyl adjacent to an activating group) is 1. The van der Waals surface area contributed by atoms with E-state index in [0.717, 1.165) is 28.8 Å². The number of anilines is 1. The lowest BCUT2D eigenvalue weighted by Gasteiger charge is -2.17. The Morgan fingerprint density at radius 1 is 1.50 bits per heavy atom. The van der Waals surface area contributed by atoms with Gasteiger partial charge >= 0.3 is 0 Å². The molecule has 1 aliphatic rings. The number of hydrogen-bond acceptors (Lipinski definition) is 4. The average molecular weight is 342 g/mol. The van der Waals surface area contributed by atoms with Crippen LogP contribution in [0, 0.1) is 6.92 Å². The van der Waals surface area contributed by atoms with E-state index in [4.69, 9.17) is 4.74 Å². The molecule has 2 atom stereocenters. The van der Waals surface area contributed by atoms with Gasteiger partial charge in [-0.25, -0.2) is 4.98 Å². The first-order chi connectivity index (χ1) is 9.47. The second-order valence-corrected chi connectivity index (χ2v) is 6.06. The van der Waals surface area contributed by atoms with Gasteiger partial charge in [0.15, 0.2) is 0 Å². The van der Waals surface area contributed by atoms with Crippen LogP contribution in [0.15, 0.2) is 16.6 Å². The summed E-state index contributed by atoms with van der Waals surface area (Å²) in [5, 5.41) is 3.26. The molecule has 110 valence electrons. The van der Waals surface area contributed by atoms with Crippen molar-refractivity contribution in [1.82, 2.24) is 9.88 Å². The molecule has 2 unspecified atom stereocenters. The van der Waals surface area contributed by atoms with Crippen LogP contribution < -0.4 is 5.32 Å². The number of pyridine rings is 1. The van der Waals surface area contributed by atoms with Gasteiger partial charge in [0.05, 0.1) is 11.8 Å². The molecule has 1 aliphatic heterocycles. The third kappa shape index (κ3) is 3.70. The number of ether oxygens (including phenoxy) is 1. The summed E-state index contributed by atoms with van der Waals surface area (Å²) in [7, 11) is 3.51. The number of halogens is 1. The minimum Gasteiger partial charge on any atom is -0.367 e. The Balaban J connectivity index is 1.83. The topological polar surface area (TPSA) is 54.5 Å². The number of aromatic nitrogens is 1. The second kappa shape index (κ2) is 6.54. The highest BCUT2D eigenvalue weighted by Crippen LogP contribution is 2.22. The molecule has 0 spiro atoms.